The maximum absolute atomic E-state index is 5.81. The van der Waals surface area contributed by atoms with Crippen LogP contribution < -0.4 is 20.1 Å². The molecule has 1 aromatic carbocycles. The Balaban J connectivity index is 1.59. The first kappa shape index (κ1) is 15.9. The molecule has 0 spiro atoms. The molecule has 2 heterocycles. The molecular weight excluding hydrogens is 294 g/mol. The van der Waals surface area contributed by atoms with E-state index >= 15 is 0 Å². The first-order valence-electron chi connectivity index (χ1n) is 8.23. The molecule has 1 aromatic rings. The largest absolute Gasteiger partial charge is 0.454 e. The Bertz CT molecular complexity index is 568. The van der Waals surface area contributed by atoms with Crippen LogP contribution in [0.4, 0.5) is 0 Å². The van der Waals surface area contributed by atoms with E-state index in [1.165, 1.54) is 0 Å². The Morgan fingerprint density at radius 2 is 2.13 bits per heavy atom. The minimum atomic E-state index is -0.0884. The number of nitrogens with one attached hydrogen (secondary N) is 2. The summed E-state index contributed by atoms with van der Waals surface area (Å²) in [5, 5.41) is 6.66. The summed E-state index contributed by atoms with van der Waals surface area (Å²) in [4.78, 5) is 4.64. The topological polar surface area (TPSA) is 64.1 Å². The standard InChI is InChI=1S/C17H25N3O3/c1-3-18-16(20-11-17(2)7-4-8-23-17)19-10-13-5-6-14-15(9-13)22-12-21-14/h5-6,9H,3-4,7-8,10-12H2,1-2H3,(H2,18,19,20). The smallest absolute Gasteiger partial charge is 0.231 e. The van der Waals surface area contributed by atoms with Crippen molar-refractivity contribution in [1.82, 2.24) is 10.6 Å². The fraction of sp³-hybridized carbons (Fsp3) is 0.588. The number of ether oxygens (including phenoxy) is 3. The predicted molar refractivity (Wildman–Crippen MR) is 89.0 cm³/mol. The van der Waals surface area contributed by atoms with Crippen LogP contribution >= 0.6 is 0 Å². The Kier molecular flexibility index (Phi) is 4.91. The lowest BCUT2D eigenvalue weighted by Crippen LogP contribution is -2.45. The van der Waals surface area contributed by atoms with Gasteiger partial charge in [0.2, 0.25) is 6.79 Å². The molecule has 0 saturated carbocycles. The van der Waals surface area contributed by atoms with Crippen molar-refractivity contribution in [2.24, 2.45) is 4.99 Å². The quantitative estimate of drug-likeness (QED) is 0.642. The lowest BCUT2D eigenvalue weighted by atomic mass is 10.0. The molecule has 23 heavy (non-hydrogen) atoms. The molecule has 6 heteroatoms. The minimum absolute atomic E-state index is 0.0884. The summed E-state index contributed by atoms with van der Waals surface area (Å²) in [6.45, 7) is 7.53. The molecule has 3 rings (SSSR count). The highest BCUT2D eigenvalue weighted by Gasteiger charge is 2.29. The van der Waals surface area contributed by atoms with Gasteiger partial charge in [0.05, 0.1) is 12.1 Å². The number of hydrogen-bond donors (Lipinski definition) is 2. The highest BCUT2D eigenvalue weighted by atomic mass is 16.7. The highest BCUT2D eigenvalue weighted by Crippen LogP contribution is 2.32. The van der Waals surface area contributed by atoms with Crippen LogP contribution in [0.1, 0.15) is 32.3 Å². The van der Waals surface area contributed by atoms with E-state index in [4.69, 9.17) is 14.2 Å². The number of fused-ring (bicyclic) bond motifs is 1. The summed E-state index contributed by atoms with van der Waals surface area (Å²) in [5.74, 6) is 2.40. The van der Waals surface area contributed by atoms with E-state index in [0.29, 0.717) is 13.3 Å². The summed E-state index contributed by atoms with van der Waals surface area (Å²) < 4.78 is 16.5. The van der Waals surface area contributed by atoms with Crippen LogP contribution in [0.2, 0.25) is 0 Å². The maximum Gasteiger partial charge on any atom is 0.231 e. The van der Waals surface area contributed by atoms with Crippen molar-refractivity contribution in [2.75, 3.05) is 26.5 Å². The van der Waals surface area contributed by atoms with E-state index in [2.05, 4.69) is 29.5 Å². The van der Waals surface area contributed by atoms with Gasteiger partial charge in [0, 0.05) is 19.7 Å². The van der Waals surface area contributed by atoms with Crippen LogP contribution in [0.25, 0.3) is 0 Å². The average molecular weight is 319 g/mol. The Morgan fingerprint density at radius 1 is 1.26 bits per heavy atom. The highest BCUT2D eigenvalue weighted by molar-refractivity contribution is 5.79. The van der Waals surface area contributed by atoms with Gasteiger partial charge in [-0.25, -0.2) is 4.99 Å². The lowest BCUT2D eigenvalue weighted by molar-refractivity contribution is 0.0243. The molecule has 126 valence electrons. The third kappa shape index (κ3) is 4.07. The van der Waals surface area contributed by atoms with Crippen molar-refractivity contribution in [1.29, 1.82) is 0 Å². The van der Waals surface area contributed by atoms with Crippen molar-refractivity contribution in [3.8, 4) is 11.5 Å². The SMILES string of the molecule is CCNC(=NCc1ccc2c(c1)OCO2)NCC1(C)CCCO1. The fourth-order valence-electron chi connectivity index (χ4n) is 2.80. The first-order valence-corrected chi connectivity index (χ1v) is 8.23. The second-order valence-electron chi connectivity index (χ2n) is 6.14. The van der Waals surface area contributed by atoms with Gasteiger partial charge in [-0.15, -0.1) is 0 Å². The molecule has 0 aliphatic carbocycles. The number of benzene rings is 1. The lowest BCUT2D eigenvalue weighted by Gasteiger charge is -2.24. The zero-order valence-electron chi connectivity index (χ0n) is 13.9. The Labute approximate surface area is 137 Å². The van der Waals surface area contributed by atoms with Gasteiger partial charge in [0.15, 0.2) is 17.5 Å². The first-order chi connectivity index (χ1) is 11.2. The summed E-state index contributed by atoms with van der Waals surface area (Å²) in [6, 6.07) is 5.93. The van der Waals surface area contributed by atoms with Gasteiger partial charge < -0.3 is 24.8 Å². The van der Waals surface area contributed by atoms with Gasteiger partial charge in [-0.3, -0.25) is 0 Å². The Morgan fingerprint density at radius 3 is 2.91 bits per heavy atom. The fourth-order valence-corrected chi connectivity index (χ4v) is 2.80. The van der Waals surface area contributed by atoms with E-state index in [9.17, 15) is 0 Å². The van der Waals surface area contributed by atoms with E-state index < -0.39 is 0 Å². The van der Waals surface area contributed by atoms with E-state index in [1.807, 2.05) is 18.2 Å². The molecular formula is C17H25N3O3. The average Bonchev–Trinajstić information content (AvgIpc) is 3.19. The number of hydrogen-bond acceptors (Lipinski definition) is 4. The number of guanidine groups is 1. The van der Waals surface area contributed by atoms with E-state index in [1.54, 1.807) is 0 Å². The summed E-state index contributed by atoms with van der Waals surface area (Å²) in [6.07, 6.45) is 2.21. The molecule has 1 unspecified atom stereocenters. The summed E-state index contributed by atoms with van der Waals surface area (Å²) in [7, 11) is 0. The molecule has 1 fully saturated rings. The van der Waals surface area contributed by atoms with Gasteiger partial charge in [0.1, 0.15) is 0 Å². The monoisotopic (exact) mass is 319 g/mol. The van der Waals surface area contributed by atoms with E-state index in [0.717, 1.165) is 55.6 Å². The third-order valence-electron chi connectivity index (χ3n) is 4.13. The van der Waals surface area contributed by atoms with E-state index in [-0.39, 0.29) is 5.60 Å². The van der Waals surface area contributed by atoms with Gasteiger partial charge in [-0.1, -0.05) is 6.07 Å². The molecule has 1 saturated heterocycles. The number of aliphatic imine (C=N–C) groups is 1. The zero-order chi connectivity index (χ0) is 16.1. The van der Waals surface area contributed by atoms with Crippen molar-refractivity contribution in [2.45, 2.75) is 38.8 Å². The van der Waals surface area contributed by atoms with Crippen LogP contribution in [0.15, 0.2) is 23.2 Å². The normalized spacial score (nSPS) is 23.1. The van der Waals surface area contributed by atoms with Crippen molar-refractivity contribution in [3.05, 3.63) is 23.8 Å². The van der Waals surface area contributed by atoms with Gasteiger partial charge in [0.25, 0.3) is 0 Å². The second kappa shape index (κ2) is 7.08. The van der Waals surface area contributed by atoms with Crippen molar-refractivity contribution in [3.63, 3.8) is 0 Å². The predicted octanol–water partition coefficient (Wildman–Crippen LogP) is 2.04. The zero-order valence-corrected chi connectivity index (χ0v) is 13.9. The molecule has 6 nitrogen and oxygen atoms in total. The summed E-state index contributed by atoms with van der Waals surface area (Å²) in [5.41, 5.74) is 1.00. The molecule has 0 amide bonds. The second-order valence-corrected chi connectivity index (χ2v) is 6.14. The maximum atomic E-state index is 5.81. The third-order valence-corrected chi connectivity index (χ3v) is 4.13. The van der Waals surface area contributed by atoms with Crippen LogP contribution in [0, 0.1) is 0 Å². The van der Waals surface area contributed by atoms with Crippen molar-refractivity contribution >= 4 is 5.96 Å². The van der Waals surface area contributed by atoms with Gasteiger partial charge in [-0.05, 0) is 44.4 Å². The molecule has 2 N–H and O–H groups in total. The molecule has 0 aromatic heterocycles. The van der Waals surface area contributed by atoms with Crippen molar-refractivity contribution < 1.29 is 14.2 Å². The van der Waals surface area contributed by atoms with Crippen LogP contribution in [-0.4, -0.2) is 38.0 Å². The summed E-state index contributed by atoms with van der Waals surface area (Å²) >= 11 is 0. The Hall–Kier alpha value is -1.95. The molecule has 2 aliphatic rings. The molecule has 0 bridgehead atoms. The van der Waals surface area contributed by atoms with Gasteiger partial charge in [-0.2, -0.15) is 0 Å². The van der Waals surface area contributed by atoms with Crippen LogP contribution in [0.3, 0.4) is 0 Å². The molecule has 0 radical (unpaired) electrons. The minimum Gasteiger partial charge on any atom is -0.454 e. The molecule has 2 aliphatic heterocycles. The van der Waals surface area contributed by atoms with Crippen LogP contribution in [0.5, 0.6) is 11.5 Å². The van der Waals surface area contributed by atoms with Crippen LogP contribution in [-0.2, 0) is 11.3 Å². The number of rotatable bonds is 5. The molecule has 1 atom stereocenters. The number of nitrogens with zero attached hydrogens (tertiary/aromatic N) is 1. The van der Waals surface area contributed by atoms with Gasteiger partial charge >= 0.3 is 0 Å².